The van der Waals surface area contributed by atoms with Crippen LogP contribution in [0.25, 0.3) is 0 Å². The van der Waals surface area contributed by atoms with Gasteiger partial charge in [-0.3, -0.25) is 4.68 Å². The van der Waals surface area contributed by atoms with Gasteiger partial charge in [0.15, 0.2) is 0 Å². The fraction of sp³-hybridized carbons (Fsp3) is 0.769. The fourth-order valence-electron chi connectivity index (χ4n) is 2.55. The Hall–Kier alpha value is -0.830. The van der Waals surface area contributed by atoms with Crippen molar-refractivity contribution in [1.82, 2.24) is 15.1 Å². The summed E-state index contributed by atoms with van der Waals surface area (Å²) in [4.78, 5) is 0. The first kappa shape index (κ1) is 11.6. The minimum atomic E-state index is 0.667. The predicted molar refractivity (Wildman–Crippen MR) is 66.5 cm³/mol. The normalized spacial score (nSPS) is 17.1. The van der Waals surface area contributed by atoms with Crippen molar-refractivity contribution in [2.24, 2.45) is 0 Å². The van der Waals surface area contributed by atoms with Crippen molar-refractivity contribution in [3.05, 3.63) is 17.5 Å². The van der Waals surface area contributed by atoms with Crippen LogP contribution in [0.3, 0.4) is 0 Å². The van der Waals surface area contributed by atoms with Gasteiger partial charge in [-0.1, -0.05) is 19.8 Å². The zero-order chi connectivity index (χ0) is 11.4. The summed E-state index contributed by atoms with van der Waals surface area (Å²) < 4.78 is 2.25. The lowest BCUT2D eigenvalue weighted by Gasteiger charge is -2.12. The first-order valence-corrected chi connectivity index (χ1v) is 6.56. The molecule has 3 heteroatoms. The van der Waals surface area contributed by atoms with E-state index in [-0.39, 0.29) is 0 Å². The molecule has 0 spiro atoms. The highest BCUT2D eigenvalue weighted by Crippen LogP contribution is 2.30. The Balaban J connectivity index is 1.99. The zero-order valence-electron chi connectivity index (χ0n) is 10.5. The SMILES string of the molecule is CCCNCc1cnn(C2CCCC2)c1C. The Morgan fingerprint density at radius 3 is 2.88 bits per heavy atom. The van der Waals surface area contributed by atoms with E-state index < -0.39 is 0 Å². The largest absolute Gasteiger partial charge is 0.313 e. The molecule has 0 aliphatic heterocycles. The van der Waals surface area contributed by atoms with E-state index in [2.05, 4.69) is 28.9 Å². The third kappa shape index (κ3) is 2.46. The van der Waals surface area contributed by atoms with Gasteiger partial charge in [0.1, 0.15) is 0 Å². The molecule has 1 aliphatic carbocycles. The number of hydrogen-bond acceptors (Lipinski definition) is 2. The molecule has 0 amide bonds. The van der Waals surface area contributed by atoms with Crippen molar-refractivity contribution in [3.8, 4) is 0 Å². The van der Waals surface area contributed by atoms with E-state index in [0.717, 1.165) is 13.1 Å². The van der Waals surface area contributed by atoms with Crippen molar-refractivity contribution in [2.45, 2.75) is 58.5 Å². The first-order valence-electron chi connectivity index (χ1n) is 6.56. The van der Waals surface area contributed by atoms with Crippen LogP contribution in [0.2, 0.25) is 0 Å². The Bertz CT molecular complexity index is 324. The van der Waals surface area contributed by atoms with Crippen molar-refractivity contribution < 1.29 is 0 Å². The lowest BCUT2D eigenvalue weighted by Crippen LogP contribution is -2.15. The van der Waals surface area contributed by atoms with Crippen LogP contribution in [-0.4, -0.2) is 16.3 Å². The molecule has 1 fully saturated rings. The van der Waals surface area contributed by atoms with E-state index in [1.54, 1.807) is 0 Å². The van der Waals surface area contributed by atoms with E-state index in [1.165, 1.54) is 43.4 Å². The third-order valence-electron chi connectivity index (χ3n) is 3.56. The molecule has 1 saturated carbocycles. The molecular formula is C13H23N3. The van der Waals surface area contributed by atoms with Crippen molar-refractivity contribution in [3.63, 3.8) is 0 Å². The lowest BCUT2D eigenvalue weighted by atomic mass is 10.2. The van der Waals surface area contributed by atoms with Crippen molar-refractivity contribution >= 4 is 0 Å². The molecule has 0 atom stereocenters. The summed E-state index contributed by atoms with van der Waals surface area (Å²) in [5.74, 6) is 0. The molecule has 1 aliphatic rings. The summed E-state index contributed by atoms with van der Waals surface area (Å²) in [6.45, 7) is 6.45. The second kappa shape index (κ2) is 5.48. The molecule has 0 radical (unpaired) electrons. The lowest BCUT2D eigenvalue weighted by molar-refractivity contribution is 0.456. The highest BCUT2D eigenvalue weighted by Gasteiger charge is 2.19. The Morgan fingerprint density at radius 1 is 1.44 bits per heavy atom. The number of nitrogens with one attached hydrogen (secondary N) is 1. The molecule has 16 heavy (non-hydrogen) atoms. The average Bonchev–Trinajstić information content (AvgIpc) is 2.89. The third-order valence-corrected chi connectivity index (χ3v) is 3.56. The summed E-state index contributed by atoms with van der Waals surface area (Å²) in [6.07, 6.45) is 8.58. The topological polar surface area (TPSA) is 29.9 Å². The monoisotopic (exact) mass is 221 g/mol. The summed E-state index contributed by atoms with van der Waals surface area (Å²) >= 11 is 0. The van der Waals surface area contributed by atoms with Gasteiger partial charge in [0.25, 0.3) is 0 Å². The smallest absolute Gasteiger partial charge is 0.0537 e. The standard InChI is InChI=1S/C13H23N3/c1-3-8-14-9-12-10-15-16(11(12)2)13-6-4-5-7-13/h10,13-14H,3-9H2,1-2H3. The van der Waals surface area contributed by atoms with Crippen molar-refractivity contribution in [2.75, 3.05) is 6.54 Å². The first-order chi connectivity index (χ1) is 7.83. The van der Waals surface area contributed by atoms with E-state index in [9.17, 15) is 0 Å². The molecule has 0 aromatic carbocycles. The number of rotatable bonds is 5. The van der Waals surface area contributed by atoms with Crippen LogP contribution < -0.4 is 5.32 Å². The highest BCUT2D eigenvalue weighted by atomic mass is 15.3. The van der Waals surface area contributed by atoms with Gasteiger partial charge in [0.2, 0.25) is 0 Å². The molecule has 0 bridgehead atoms. The summed E-state index contributed by atoms with van der Waals surface area (Å²) in [7, 11) is 0. The summed E-state index contributed by atoms with van der Waals surface area (Å²) in [5, 5.41) is 8.00. The van der Waals surface area contributed by atoms with E-state index in [0.29, 0.717) is 6.04 Å². The molecular weight excluding hydrogens is 198 g/mol. The van der Waals surface area contributed by atoms with Gasteiger partial charge in [-0.15, -0.1) is 0 Å². The molecule has 1 aromatic rings. The van der Waals surface area contributed by atoms with Gasteiger partial charge >= 0.3 is 0 Å². The number of hydrogen-bond donors (Lipinski definition) is 1. The number of aromatic nitrogens is 2. The molecule has 1 heterocycles. The van der Waals surface area contributed by atoms with Crippen LogP contribution in [0, 0.1) is 6.92 Å². The van der Waals surface area contributed by atoms with Crippen LogP contribution in [0.1, 0.15) is 56.3 Å². The van der Waals surface area contributed by atoms with E-state index in [4.69, 9.17) is 0 Å². The molecule has 2 rings (SSSR count). The fourth-order valence-corrected chi connectivity index (χ4v) is 2.55. The van der Waals surface area contributed by atoms with Crippen molar-refractivity contribution in [1.29, 1.82) is 0 Å². The van der Waals surface area contributed by atoms with Gasteiger partial charge in [0.05, 0.1) is 12.2 Å². The number of nitrogens with zero attached hydrogens (tertiary/aromatic N) is 2. The Kier molecular flexibility index (Phi) is 3.99. The van der Waals surface area contributed by atoms with Gasteiger partial charge in [-0.2, -0.15) is 5.10 Å². The van der Waals surface area contributed by atoms with Crippen LogP contribution in [0.5, 0.6) is 0 Å². The Morgan fingerprint density at radius 2 is 2.19 bits per heavy atom. The molecule has 1 N–H and O–H groups in total. The maximum absolute atomic E-state index is 4.55. The maximum Gasteiger partial charge on any atom is 0.0537 e. The summed E-state index contributed by atoms with van der Waals surface area (Å²) in [5.41, 5.74) is 2.72. The van der Waals surface area contributed by atoms with Gasteiger partial charge < -0.3 is 5.32 Å². The van der Waals surface area contributed by atoms with Gasteiger partial charge in [-0.25, -0.2) is 0 Å². The molecule has 0 saturated heterocycles. The molecule has 3 nitrogen and oxygen atoms in total. The van der Waals surface area contributed by atoms with Gasteiger partial charge in [-0.05, 0) is 32.7 Å². The van der Waals surface area contributed by atoms with Crippen LogP contribution >= 0.6 is 0 Å². The highest BCUT2D eigenvalue weighted by molar-refractivity contribution is 5.16. The zero-order valence-corrected chi connectivity index (χ0v) is 10.5. The second-order valence-corrected chi connectivity index (χ2v) is 4.81. The van der Waals surface area contributed by atoms with E-state index >= 15 is 0 Å². The van der Waals surface area contributed by atoms with E-state index in [1.807, 2.05) is 6.20 Å². The summed E-state index contributed by atoms with van der Waals surface area (Å²) in [6, 6.07) is 0.667. The molecule has 90 valence electrons. The quantitative estimate of drug-likeness (QED) is 0.775. The second-order valence-electron chi connectivity index (χ2n) is 4.81. The molecule has 0 unspecified atom stereocenters. The minimum Gasteiger partial charge on any atom is -0.313 e. The van der Waals surface area contributed by atoms with Crippen LogP contribution in [0.4, 0.5) is 0 Å². The predicted octanol–water partition coefficient (Wildman–Crippen LogP) is 2.81. The minimum absolute atomic E-state index is 0.667. The molecule has 1 aromatic heterocycles. The maximum atomic E-state index is 4.55. The average molecular weight is 221 g/mol. The van der Waals surface area contributed by atoms with Crippen LogP contribution in [-0.2, 0) is 6.54 Å². The Labute approximate surface area is 98.2 Å². The van der Waals surface area contributed by atoms with Crippen LogP contribution in [0.15, 0.2) is 6.20 Å². The van der Waals surface area contributed by atoms with Gasteiger partial charge in [0, 0.05) is 17.8 Å².